The molecule has 1 aromatic heterocycles. The topological polar surface area (TPSA) is 63.1 Å². The van der Waals surface area contributed by atoms with E-state index < -0.39 is 0 Å². The van der Waals surface area contributed by atoms with Crippen molar-refractivity contribution < 1.29 is 9.59 Å². The fourth-order valence-corrected chi connectivity index (χ4v) is 6.32. The molecule has 0 unspecified atom stereocenters. The predicted octanol–water partition coefficient (Wildman–Crippen LogP) is 3.54. The highest BCUT2D eigenvalue weighted by Crippen LogP contribution is 2.60. The van der Waals surface area contributed by atoms with Crippen LogP contribution < -0.4 is 10.6 Å². The molecule has 4 aliphatic rings. The van der Waals surface area contributed by atoms with Gasteiger partial charge in [0.05, 0.1) is 0 Å². The Kier molecular flexibility index (Phi) is 4.69. The molecule has 0 saturated heterocycles. The van der Waals surface area contributed by atoms with Gasteiger partial charge in [-0.25, -0.2) is 0 Å². The third-order valence-electron chi connectivity index (χ3n) is 7.25. The van der Waals surface area contributed by atoms with E-state index in [0.717, 1.165) is 42.7 Å². The number of hydrogen-bond acceptors (Lipinski definition) is 2. The summed E-state index contributed by atoms with van der Waals surface area (Å²) in [6.07, 6.45) is 11.2. The lowest BCUT2D eigenvalue weighted by Crippen LogP contribution is -2.54. The molecule has 1 heterocycles. The van der Waals surface area contributed by atoms with E-state index in [4.69, 9.17) is 0 Å². The predicted molar refractivity (Wildman–Crippen MR) is 112 cm³/mol. The summed E-state index contributed by atoms with van der Waals surface area (Å²) in [6.45, 7) is 0.948. The van der Waals surface area contributed by atoms with Gasteiger partial charge >= 0.3 is 0 Å². The molecule has 1 aromatic carbocycles. The van der Waals surface area contributed by atoms with E-state index in [1.54, 1.807) is 0 Å². The van der Waals surface area contributed by atoms with Crippen molar-refractivity contribution >= 4 is 11.8 Å². The van der Waals surface area contributed by atoms with Gasteiger partial charge in [-0.05, 0) is 92.7 Å². The first kappa shape index (κ1) is 18.5. The van der Waals surface area contributed by atoms with Crippen molar-refractivity contribution in [3.8, 4) is 5.69 Å². The molecule has 4 bridgehead atoms. The molecule has 5 nitrogen and oxygen atoms in total. The number of nitrogens with zero attached hydrogens (tertiary/aromatic N) is 1. The Bertz CT molecular complexity index is 850. The molecule has 6 rings (SSSR count). The third-order valence-corrected chi connectivity index (χ3v) is 7.25. The maximum absolute atomic E-state index is 12.9. The van der Waals surface area contributed by atoms with Crippen LogP contribution in [0.2, 0.25) is 0 Å². The third kappa shape index (κ3) is 3.59. The highest BCUT2D eigenvalue weighted by Gasteiger charge is 2.54. The molecule has 0 aliphatic heterocycles. The fraction of sp³-hybridized carbons (Fsp3) is 0.500. The number of hydrogen-bond donors (Lipinski definition) is 2. The van der Waals surface area contributed by atoms with E-state index in [-0.39, 0.29) is 17.2 Å². The van der Waals surface area contributed by atoms with E-state index in [1.165, 1.54) is 19.3 Å². The van der Waals surface area contributed by atoms with Gasteiger partial charge in [-0.15, -0.1) is 0 Å². The zero-order valence-electron chi connectivity index (χ0n) is 16.8. The molecule has 2 amide bonds. The Morgan fingerprint density at radius 2 is 1.41 bits per heavy atom. The summed E-state index contributed by atoms with van der Waals surface area (Å²) in [4.78, 5) is 25.3. The summed E-state index contributed by atoms with van der Waals surface area (Å²) >= 11 is 0. The Labute approximate surface area is 171 Å². The van der Waals surface area contributed by atoms with Crippen molar-refractivity contribution in [1.29, 1.82) is 0 Å². The highest BCUT2D eigenvalue weighted by molar-refractivity contribution is 5.94. The molecule has 0 radical (unpaired) electrons. The van der Waals surface area contributed by atoms with Crippen LogP contribution in [0.1, 0.15) is 48.9 Å². The number of carbonyl (C=O) groups excluding carboxylic acids is 2. The van der Waals surface area contributed by atoms with Crippen molar-refractivity contribution in [2.45, 2.75) is 38.5 Å². The first-order valence-electron chi connectivity index (χ1n) is 10.9. The second kappa shape index (κ2) is 7.36. The van der Waals surface area contributed by atoms with Crippen LogP contribution in [0, 0.1) is 23.2 Å². The van der Waals surface area contributed by atoms with E-state index >= 15 is 0 Å². The van der Waals surface area contributed by atoms with Gasteiger partial charge in [-0.2, -0.15) is 0 Å². The van der Waals surface area contributed by atoms with Crippen LogP contribution in [-0.4, -0.2) is 29.5 Å². The van der Waals surface area contributed by atoms with Gasteiger partial charge in [0.15, 0.2) is 0 Å². The first-order chi connectivity index (χ1) is 14.1. The average molecular weight is 392 g/mol. The van der Waals surface area contributed by atoms with Gasteiger partial charge in [0.1, 0.15) is 0 Å². The molecule has 5 heteroatoms. The smallest absolute Gasteiger partial charge is 0.251 e. The number of rotatable bonds is 6. The molecule has 0 spiro atoms. The Hall–Kier alpha value is -2.56. The molecule has 2 aromatic rings. The number of amides is 2. The molecule has 2 N–H and O–H groups in total. The van der Waals surface area contributed by atoms with E-state index in [0.29, 0.717) is 18.7 Å². The van der Waals surface area contributed by atoms with Crippen LogP contribution in [0.4, 0.5) is 0 Å². The van der Waals surface area contributed by atoms with E-state index in [1.807, 2.05) is 53.4 Å². The van der Waals surface area contributed by atoms with E-state index in [9.17, 15) is 9.59 Å². The molecule has 29 heavy (non-hydrogen) atoms. The summed E-state index contributed by atoms with van der Waals surface area (Å²) in [7, 11) is 0. The van der Waals surface area contributed by atoms with Crippen LogP contribution in [0.15, 0.2) is 48.8 Å². The average Bonchev–Trinajstić information content (AvgIpc) is 3.25. The van der Waals surface area contributed by atoms with Crippen molar-refractivity contribution in [2.75, 3.05) is 13.1 Å². The Morgan fingerprint density at radius 1 is 0.862 bits per heavy atom. The van der Waals surface area contributed by atoms with Gasteiger partial charge < -0.3 is 15.2 Å². The number of aromatic nitrogens is 1. The van der Waals surface area contributed by atoms with Gasteiger partial charge in [0, 0.05) is 42.1 Å². The lowest BCUT2D eigenvalue weighted by molar-refractivity contribution is -0.146. The molecule has 4 fully saturated rings. The molecular formula is C24H29N3O2. The minimum Gasteiger partial charge on any atom is -0.354 e. The van der Waals surface area contributed by atoms with Crippen molar-refractivity contribution in [2.24, 2.45) is 23.2 Å². The minimum atomic E-state index is -0.118. The summed E-state index contributed by atoms with van der Waals surface area (Å²) in [5.41, 5.74) is 1.54. The normalized spacial score (nSPS) is 29.6. The lowest BCUT2D eigenvalue weighted by Gasteiger charge is -2.55. The molecule has 4 aliphatic carbocycles. The monoisotopic (exact) mass is 391 g/mol. The Balaban J connectivity index is 1.10. The maximum atomic E-state index is 12.9. The second-order valence-electron chi connectivity index (χ2n) is 9.35. The van der Waals surface area contributed by atoms with Crippen LogP contribution in [0.25, 0.3) is 5.69 Å². The van der Waals surface area contributed by atoms with Gasteiger partial charge in [-0.3, -0.25) is 9.59 Å². The maximum Gasteiger partial charge on any atom is 0.251 e. The number of benzene rings is 1. The SMILES string of the molecule is O=C(NCCNC(=O)C12CC3CC(CC(C3)C1)C2)c1ccc(-n2cccc2)cc1. The lowest BCUT2D eigenvalue weighted by atomic mass is 9.49. The van der Waals surface area contributed by atoms with Crippen LogP contribution in [-0.2, 0) is 4.79 Å². The molecule has 4 saturated carbocycles. The highest BCUT2D eigenvalue weighted by atomic mass is 16.2. The van der Waals surface area contributed by atoms with Crippen molar-refractivity contribution in [1.82, 2.24) is 15.2 Å². The van der Waals surface area contributed by atoms with Crippen molar-refractivity contribution in [3.05, 3.63) is 54.4 Å². The zero-order valence-corrected chi connectivity index (χ0v) is 16.8. The summed E-state index contributed by atoms with van der Waals surface area (Å²) in [5, 5.41) is 6.04. The largest absolute Gasteiger partial charge is 0.354 e. The molecular weight excluding hydrogens is 362 g/mol. The van der Waals surface area contributed by atoms with Crippen LogP contribution in [0.5, 0.6) is 0 Å². The minimum absolute atomic E-state index is 0.104. The van der Waals surface area contributed by atoms with Crippen LogP contribution in [0.3, 0.4) is 0 Å². The summed E-state index contributed by atoms with van der Waals surface area (Å²) < 4.78 is 2.00. The zero-order chi connectivity index (χ0) is 19.8. The fourth-order valence-electron chi connectivity index (χ4n) is 6.32. The van der Waals surface area contributed by atoms with Gasteiger partial charge in [0.25, 0.3) is 5.91 Å². The first-order valence-corrected chi connectivity index (χ1v) is 10.9. The standard InChI is InChI=1S/C24H29N3O2/c28-22(20-3-5-21(6-4-20)27-9-1-2-10-27)25-7-8-26-23(29)24-14-17-11-18(15-24)13-19(12-17)16-24/h1-6,9-10,17-19H,7-8,11-16H2,(H,25,28)(H,26,29). The van der Waals surface area contributed by atoms with Crippen molar-refractivity contribution in [3.63, 3.8) is 0 Å². The molecule has 0 atom stereocenters. The summed E-state index contributed by atoms with van der Waals surface area (Å²) in [6, 6.07) is 11.5. The van der Waals surface area contributed by atoms with Crippen LogP contribution >= 0.6 is 0 Å². The quantitative estimate of drug-likeness (QED) is 0.740. The summed E-state index contributed by atoms with van der Waals surface area (Å²) in [5.74, 6) is 2.42. The number of carbonyl (C=O) groups is 2. The van der Waals surface area contributed by atoms with Gasteiger partial charge in [-0.1, -0.05) is 0 Å². The molecule has 152 valence electrons. The Morgan fingerprint density at radius 3 is 2.00 bits per heavy atom. The van der Waals surface area contributed by atoms with E-state index in [2.05, 4.69) is 10.6 Å². The second-order valence-corrected chi connectivity index (χ2v) is 9.35. The van der Waals surface area contributed by atoms with Gasteiger partial charge in [0.2, 0.25) is 5.91 Å². The number of nitrogens with one attached hydrogen (secondary N) is 2.